The molecule has 0 saturated carbocycles. The highest BCUT2D eigenvalue weighted by Crippen LogP contribution is 2.29. The molecular weight excluding hydrogens is 452 g/mol. The predicted molar refractivity (Wildman–Crippen MR) is 127 cm³/mol. The second-order valence-electron chi connectivity index (χ2n) is 7.03. The van der Waals surface area contributed by atoms with Crippen LogP contribution in [0.2, 0.25) is 0 Å². The van der Waals surface area contributed by atoms with E-state index in [4.69, 9.17) is 0 Å². The third kappa shape index (κ3) is 6.21. The molecule has 2 aromatic rings. The molecule has 2 rings (SSSR count). The summed E-state index contributed by atoms with van der Waals surface area (Å²) in [6, 6.07) is 10.0. The standard InChI is InChI=1S/C21H30N4O5S2/c1-5-14-22-20-13-12-19(32(29,30)25(6-2)7-3)15-21(20)24-31(27,28)18-10-8-17(9-11-18)23-16(4)26/h8-13,15,22,24H,5-7,14H2,1-4H3,(H,23,26). The van der Waals surface area contributed by atoms with Gasteiger partial charge in [0.25, 0.3) is 10.0 Å². The lowest BCUT2D eigenvalue weighted by molar-refractivity contribution is -0.114. The number of hydrogen-bond acceptors (Lipinski definition) is 6. The van der Waals surface area contributed by atoms with Gasteiger partial charge in [-0.1, -0.05) is 20.8 Å². The molecule has 176 valence electrons. The number of carbonyl (C=O) groups is 1. The van der Waals surface area contributed by atoms with E-state index in [0.717, 1.165) is 6.42 Å². The first kappa shape index (κ1) is 25.6. The smallest absolute Gasteiger partial charge is 0.261 e. The highest BCUT2D eigenvalue weighted by Gasteiger charge is 2.24. The largest absolute Gasteiger partial charge is 0.383 e. The van der Waals surface area contributed by atoms with E-state index in [2.05, 4.69) is 15.4 Å². The van der Waals surface area contributed by atoms with Crippen LogP contribution in [0.1, 0.15) is 34.1 Å². The Morgan fingerprint density at radius 2 is 1.47 bits per heavy atom. The predicted octanol–water partition coefficient (Wildman–Crippen LogP) is 3.30. The van der Waals surface area contributed by atoms with Crippen molar-refractivity contribution in [3.63, 3.8) is 0 Å². The first-order valence-corrected chi connectivity index (χ1v) is 13.3. The van der Waals surface area contributed by atoms with Gasteiger partial charge in [-0.15, -0.1) is 0 Å². The molecule has 3 N–H and O–H groups in total. The van der Waals surface area contributed by atoms with E-state index < -0.39 is 20.0 Å². The van der Waals surface area contributed by atoms with Crippen LogP contribution >= 0.6 is 0 Å². The first-order chi connectivity index (χ1) is 15.0. The molecule has 2 aromatic carbocycles. The number of hydrogen-bond donors (Lipinski definition) is 3. The van der Waals surface area contributed by atoms with Gasteiger partial charge in [-0.25, -0.2) is 16.8 Å². The number of sulfonamides is 2. The molecule has 0 radical (unpaired) electrons. The van der Waals surface area contributed by atoms with E-state index in [-0.39, 0.29) is 21.4 Å². The van der Waals surface area contributed by atoms with Crippen molar-refractivity contribution in [3.8, 4) is 0 Å². The molecule has 0 heterocycles. The average Bonchev–Trinajstić information content (AvgIpc) is 2.73. The van der Waals surface area contributed by atoms with Crippen LogP contribution in [-0.4, -0.2) is 46.7 Å². The zero-order chi connectivity index (χ0) is 23.9. The van der Waals surface area contributed by atoms with Crippen molar-refractivity contribution in [3.05, 3.63) is 42.5 Å². The lowest BCUT2D eigenvalue weighted by Crippen LogP contribution is -2.30. The highest BCUT2D eigenvalue weighted by atomic mass is 32.2. The third-order valence-electron chi connectivity index (χ3n) is 4.63. The summed E-state index contributed by atoms with van der Waals surface area (Å²) in [6.07, 6.45) is 0.802. The molecule has 0 aromatic heterocycles. The van der Waals surface area contributed by atoms with Gasteiger partial charge in [-0.3, -0.25) is 9.52 Å². The van der Waals surface area contributed by atoms with Gasteiger partial charge in [0.1, 0.15) is 0 Å². The van der Waals surface area contributed by atoms with Gasteiger partial charge in [0, 0.05) is 32.2 Å². The van der Waals surface area contributed by atoms with E-state index in [1.165, 1.54) is 47.6 Å². The van der Waals surface area contributed by atoms with Crippen LogP contribution in [0.25, 0.3) is 0 Å². The number of benzene rings is 2. The van der Waals surface area contributed by atoms with Crippen molar-refractivity contribution in [2.75, 3.05) is 35.0 Å². The van der Waals surface area contributed by atoms with Crippen molar-refractivity contribution in [1.29, 1.82) is 0 Å². The summed E-state index contributed by atoms with van der Waals surface area (Å²) < 4.78 is 55.6. The number of rotatable bonds is 11. The van der Waals surface area contributed by atoms with Crippen LogP contribution in [0.3, 0.4) is 0 Å². The Labute approximate surface area is 190 Å². The second-order valence-corrected chi connectivity index (χ2v) is 10.7. The fourth-order valence-electron chi connectivity index (χ4n) is 3.02. The summed E-state index contributed by atoms with van der Waals surface area (Å²) in [4.78, 5) is 11.1. The molecule has 0 aliphatic carbocycles. The zero-order valence-electron chi connectivity index (χ0n) is 18.7. The molecule has 0 atom stereocenters. The van der Waals surface area contributed by atoms with Crippen LogP contribution in [-0.2, 0) is 24.8 Å². The van der Waals surface area contributed by atoms with Crippen LogP contribution in [0, 0.1) is 0 Å². The molecule has 0 fully saturated rings. The molecule has 11 heteroatoms. The Balaban J connectivity index is 2.45. The van der Waals surface area contributed by atoms with Gasteiger partial charge >= 0.3 is 0 Å². The Bertz CT molecular complexity index is 1140. The van der Waals surface area contributed by atoms with Crippen molar-refractivity contribution in [2.45, 2.75) is 43.9 Å². The molecular formula is C21H30N4O5S2. The summed E-state index contributed by atoms with van der Waals surface area (Å²) in [5.74, 6) is -0.267. The number of nitrogens with one attached hydrogen (secondary N) is 3. The van der Waals surface area contributed by atoms with E-state index >= 15 is 0 Å². The summed E-state index contributed by atoms with van der Waals surface area (Å²) in [5, 5.41) is 5.70. The summed E-state index contributed by atoms with van der Waals surface area (Å²) in [5.41, 5.74) is 1.08. The van der Waals surface area contributed by atoms with Crippen molar-refractivity contribution < 1.29 is 21.6 Å². The maximum Gasteiger partial charge on any atom is 0.261 e. The van der Waals surface area contributed by atoms with Crippen LogP contribution in [0.4, 0.5) is 17.1 Å². The van der Waals surface area contributed by atoms with Gasteiger partial charge < -0.3 is 10.6 Å². The topological polar surface area (TPSA) is 125 Å². The van der Waals surface area contributed by atoms with E-state index in [1.54, 1.807) is 19.9 Å². The van der Waals surface area contributed by atoms with Crippen LogP contribution in [0.15, 0.2) is 52.3 Å². The molecule has 0 spiro atoms. The summed E-state index contributed by atoms with van der Waals surface area (Å²) in [6.45, 7) is 8.00. The molecule has 0 bridgehead atoms. The zero-order valence-corrected chi connectivity index (χ0v) is 20.3. The van der Waals surface area contributed by atoms with Gasteiger partial charge in [0.15, 0.2) is 0 Å². The van der Waals surface area contributed by atoms with Gasteiger partial charge in [-0.05, 0) is 48.9 Å². The van der Waals surface area contributed by atoms with Gasteiger partial charge in [-0.2, -0.15) is 4.31 Å². The van der Waals surface area contributed by atoms with E-state index in [0.29, 0.717) is 31.0 Å². The Morgan fingerprint density at radius 3 is 2.00 bits per heavy atom. The van der Waals surface area contributed by atoms with Gasteiger partial charge in [0.2, 0.25) is 15.9 Å². The van der Waals surface area contributed by atoms with Gasteiger partial charge in [0.05, 0.1) is 21.2 Å². The number of anilines is 3. The minimum absolute atomic E-state index is 0.00181. The summed E-state index contributed by atoms with van der Waals surface area (Å²) >= 11 is 0. The monoisotopic (exact) mass is 482 g/mol. The lowest BCUT2D eigenvalue weighted by Gasteiger charge is -2.20. The molecule has 0 aliphatic heterocycles. The molecule has 0 aliphatic rings. The molecule has 32 heavy (non-hydrogen) atoms. The first-order valence-electron chi connectivity index (χ1n) is 10.3. The van der Waals surface area contributed by atoms with Crippen molar-refractivity contribution in [1.82, 2.24) is 4.31 Å². The summed E-state index contributed by atoms with van der Waals surface area (Å²) in [7, 11) is -7.78. The number of amides is 1. The highest BCUT2D eigenvalue weighted by molar-refractivity contribution is 7.92. The average molecular weight is 483 g/mol. The maximum atomic E-state index is 13.0. The Morgan fingerprint density at radius 1 is 0.875 bits per heavy atom. The molecule has 1 amide bonds. The van der Waals surface area contributed by atoms with E-state index in [1.807, 2.05) is 6.92 Å². The third-order valence-corrected chi connectivity index (χ3v) is 8.06. The molecule has 0 unspecified atom stereocenters. The molecule has 9 nitrogen and oxygen atoms in total. The van der Waals surface area contributed by atoms with Crippen LogP contribution < -0.4 is 15.4 Å². The molecule has 0 saturated heterocycles. The fraction of sp³-hybridized carbons (Fsp3) is 0.381. The Hall–Kier alpha value is -2.63. The lowest BCUT2D eigenvalue weighted by atomic mass is 10.2. The number of carbonyl (C=O) groups excluding carboxylic acids is 1. The Kier molecular flexibility index (Phi) is 8.65. The van der Waals surface area contributed by atoms with E-state index in [9.17, 15) is 21.6 Å². The minimum atomic E-state index is -4.01. The SMILES string of the molecule is CCCNc1ccc(S(=O)(=O)N(CC)CC)cc1NS(=O)(=O)c1ccc(NC(C)=O)cc1. The normalized spacial score (nSPS) is 11.9. The van der Waals surface area contributed by atoms with Crippen molar-refractivity contribution >= 4 is 43.0 Å². The maximum absolute atomic E-state index is 13.0. The van der Waals surface area contributed by atoms with Crippen LogP contribution in [0.5, 0.6) is 0 Å². The quantitative estimate of drug-likeness (QED) is 0.451. The van der Waals surface area contributed by atoms with Crippen molar-refractivity contribution in [2.24, 2.45) is 0 Å². The fourth-order valence-corrected chi connectivity index (χ4v) is 5.57. The number of nitrogens with zero attached hydrogens (tertiary/aromatic N) is 1. The minimum Gasteiger partial charge on any atom is -0.383 e. The second kappa shape index (κ2) is 10.8.